The molecule has 1 aromatic carbocycles. The smallest absolute Gasteiger partial charge is 0.234 e. The van der Waals surface area contributed by atoms with Gasteiger partial charge in [-0.2, -0.15) is 0 Å². The van der Waals surface area contributed by atoms with E-state index >= 15 is 0 Å². The van der Waals surface area contributed by atoms with Crippen molar-refractivity contribution in [3.05, 3.63) is 35.4 Å². The van der Waals surface area contributed by atoms with Crippen LogP contribution in [0.4, 0.5) is 0 Å². The molecule has 16 heavy (non-hydrogen) atoms. The third-order valence-electron chi connectivity index (χ3n) is 2.71. The number of rotatable bonds is 4. The zero-order valence-electron chi connectivity index (χ0n) is 9.15. The summed E-state index contributed by atoms with van der Waals surface area (Å²) in [6.45, 7) is 2.39. The van der Waals surface area contributed by atoms with Crippen molar-refractivity contribution in [2.45, 2.75) is 13.1 Å². The lowest BCUT2D eigenvalue weighted by Crippen LogP contribution is -2.35. The minimum absolute atomic E-state index is 0.00797. The molecule has 0 saturated carbocycles. The van der Waals surface area contributed by atoms with Crippen molar-refractivity contribution in [1.82, 2.24) is 10.2 Å². The van der Waals surface area contributed by atoms with E-state index in [1.54, 1.807) is 0 Å². The number of nitrogens with zero attached hydrogens (tertiary/aromatic N) is 1. The number of benzene rings is 1. The van der Waals surface area contributed by atoms with E-state index in [0.717, 1.165) is 13.1 Å². The summed E-state index contributed by atoms with van der Waals surface area (Å²) >= 11 is 0. The highest BCUT2D eigenvalue weighted by Gasteiger charge is 2.19. The van der Waals surface area contributed by atoms with Crippen LogP contribution in [-0.2, 0) is 17.9 Å². The molecule has 4 heteroatoms. The molecule has 0 atom stereocenters. The molecule has 1 aliphatic heterocycles. The number of aliphatic hydroxyl groups excluding tert-OH is 1. The lowest BCUT2D eigenvalue weighted by Gasteiger charge is -2.13. The number of carbonyl (C=O) groups is 1. The average molecular weight is 220 g/mol. The molecule has 0 aromatic heterocycles. The Balaban J connectivity index is 1.85. The molecule has 1 heterocycles. The predicted molar refractivity (Wildman–Crippen MR) is 60.7 cm³/mol. The van der Waals surface area contributed by atoms with E-state index in [1.165, 1.54) is 11.1 Å². The molecule has 4 nitrogen and oxygen atoms in total. The zero-order valence-corrected chi connectivity index (χ0v) is 9.15. The maximum absolute atomic E-state index is 11.4. The van der Waals surface area contributed by atoms with Gasteiger partial charge < -0.3 is 10.4 Å². The SMILES string of the molecule is O=C(CN1Cc2ccccc2C1)NCCO. The highest BCUT2D eigenvalue weighted by Crippen LogP contribution is 2.21. The first kappa shape index (κ1) is 11.1. The Morgan fingerprint density at radius 1 is 1.31 bits per heavy atom. The number of amides is 1. The summed E-state index contributed by atoms with van der Waals surface area (Å²) in [6, 6.07) is 8.24. The largest absolute Gasteiger partial charge is 0.395 e. The number of hydrogen-bond donors (Lipinski definition) is 2. The van der Waals surface area contributed by atoms with Gasteiger partial charge in [-0.1, -0.05) is 24.3 Å². The molecule has 0 bridgehead atoms. The standard InChI is InChI=1S/C12H16N2O2/c15-6-5-13-12(16)9-14-7-10-3-1-2-4-11(10)8-14/h1-4,15H,5-9H2,(H,13,16). The fourth-order valence-electron chi connectivity index (χ4n) is 1.97. The Hall–Kier alpha value is -1.39. The van der Waals surface area contributed by atoms with Gasteiger partial charge in [-0.05, 0) is 11.1 Å². The van der Waals surface area contributed by atoms with Crippen molar-refractivity contribution in [1.29, 1.82) is 0 Å². The van der Waals surface area contributed by atoms with Gasteiger partial charge >= 0.3 is 0 Å². The molecule has 86 valence electrons. The number of fused-ring (bicyclic) bond motifs is 1. The molecule has 0 aliphatic carbocycles. The second-order valence-corrected chi connectivity index (χ2v) is 3.99. The second kappa shape index (κ2) is 5.09. The number of hydrogen-bond acceptors (Lipinski definition) is 3. The van der Waals surface area contributed by atoms with Crippen LogP contribution in [0.5, 0.6) is 0 Å². The fraction of sp³-hybridized carbons (Fsp3) is 0.417. The Labute approximate surface area is 94.9 Å². The van der Waals surface area contributed by atoms with E-state index < -0.39 is 0 Å². The molecule has 0 unspecified atom stereocenters. The van der Waals surface area contributed by atoms with Gasteiger partial charge in [-0.3, -0.25) is 9.69 Å². The Morgan fingerprint density at radius 2 is 1.94 bits per heavy atom. The van der Waals surface area contributed by atoms with Crippen LogP contribution in [0.1, 0.15) is 11.1 Å². The van der Waals surface area contributed by atoms with E-state index in [-0.39, 0.29) is 12.5 Å². The first-order valence-corrected chi connectivity index (χ1v) is 5.46. The van der Waals surface area contributed by atoms with Crippen LogP contribution in [0.25, 0.3) is 0 Å². The molecule has 2 N–H and O–H groups in total. The quantitative estimate of drug-likeness (QED) is 0.757. The zero-order chi connectivity index (χ0) is 11.4. The molecule has 0 fully saturated rings. The molecular formula is C12H16N2O2. The summed E-state index contributed by atoms with van der Waals surface area (Å²) in [4.78, 5) is 13.5. The summed E-state index contributed by atoms with van der Waals surface area (Å²) in [7, 11) is 0. The fourth-order valence-corrected chi connectivity index (χ4v) is 1.97. The molecule has 0 radical (unpaired) electrons. The minimum Gasteiger partial charge on any atom is -0.395 e. The average Bonchev–Trinajstić information content (AvgIpc) is 2.68. The molecule has 2 rings (SSSR count). The maximum atomic E-state index is 11.4. The number of aliphatic hydroxyl groups is 1. The van der Waals surface area contributed by atoms with Crippen molar-refractivity contribution in [2.75, 3.05) is 19.7 Å². The Morgan fingerprint density at radius 3 is 2.50 bits per heavy atom. The predicted octanol–water partition coefficient (Wildman–Crippen LogP) is 0.111. The van der Waals surface area contributed by atoms with Gasteiger partial charge in [-0.15, -0.1) is 0 Å². The van der Waals surface area contributed by atoms with Crippen LogP contribution in [0.15, 0.2) is 24.3 Å². The summed E-state index contributed by atoms with van der Waals surface area (Å²) < 4.78 is 0. The molecule has 0 saturated heterocycles. The van der Waals surface area contributed by atoms with Crippen LogP contribution >= 0.6 is 0 Å². The van der Waals surface area contributed by atoms with Gasteiger partial charge in [0.2, 0.25) is 5.91 Å². The van der Waals surface area contributed by atoms with Gasteiger partial charge in [0.1, 0.15) is 0 Å². The minimum atomic E-state index is -0.0261. The number of carbonyl (C=O) groups excluding carboxylic acids is 1. The molecule has 1 aromatic rings. The van der Waals surface area contributed by atoms with Gasteiger partial charge in [0.15, 0.2) is 0 Å². The summed E-state index contributed by atoms with van der Waals surface area (Å²) in [5, 5.41) is 11.2. The highest BCUT2D eigenvalue weighted by atomic mass is 16.3. The van der Waals surface area contributed by atoms with Crippen LogP contribution in [0.3, 0.4) is 0 Å². The van der Waals surface area contributed by atoms with E-state index in [2.05, 4.69) is 22.3 Å². The van der Waals surface area contributed by atoms with Gasteiger partial charge in [0.25, 0.3) is 0 Å². The van der Waals surface area contributed by atoms with Crippen LogP contribution in [0.2, 0.25) is 0 Å². The first-order valence-electron chi connectivity index (χ1n) is 5.46. The summed E-state index contributed by atoms with van der Waals surface area (Å²) in [6.07, 6.45) is 0. The van der Waals surface area contributed by atoms with Crippen molar-refractivity contribution < 1.29 is 9.90 Å². The van der Waals surface area contributed by atoms with Crippen molar-refractivity contribution >= 4 is 5.91 Å². The van der Waals surface area contributed by atoms with Crippen molar-refractivity contribution in [3.8, 4) is 0 Å². The van der Waals surface area contributed by atoms with Gasteiger partial charge in [0, 0.05) is 19.6 Å². The van der Waals surface area contributed by atoms with Crippen LogP contribution in [0, 0.1) is 0 Å². The van der Waals surface area contributed by atoms with E-state index in [0.29, 0.717) is 13.1 Å². The van der Waals surface area contributed by atoms with Gasteiger partial charge in [-0.25, -0.2) is 0 Å². The first-order chi connectivity index (χ1) is 7.79. The second-order valence-electron chi connectivity index (χ2n) is 3.99. The van der Waals surface area contributed by atoms with Crippen molar-refractivity contribution in [3.63, 3.8) is 0 Å². The Bertz CT molecular complexity index is 354. The van der Waals surface area contributed by atoms with E-state index in [9.17, 15) is 4.79 Å². The van der Waals surface area contributed by atoms with E-state index in [4.69, 9.17) is 5.11 Å². The number of nitrogens with one attached hydrogen (secondary N) is 1. The third-order valence-corrected chi connectivity index (χ3v) is 2.71. The lowest BCUT2D eigenvalue weighted by atomic mass is 10.1. The highest BCUT2D eigenvalue weighted by molar-refractivity contribution is 5.78. The topological polar surface area (TPSA) is 52.6 Å². The van der Waals surface area contributed by atoms with Gasteiger partial charge in [0.05, 0.1) is 13.2 Å². The normalized spacial score (nSPS) is 14.8. The third kappa shape index (κ3) is 2.59. The molecular weight excluding hydrogens is 204 g/mol. The molecule has 1 amide bonds. The summed E-state index contributed by atoms with van der Waals surface area (Å²) in [5.74, 6) is -0.0261. The summed E-state index contributed by atoms with van der Waals surface area (Å²) in [5.41, 5.74) is 2.61. The Kier molecular flexibility index (Phi) is 3.54. The van der Waals surface area contributed by atoms with E-state index in [1.807, 2.05) is 12.1 Å². The monoisotopic (exact) mass is 220 g/mol. The molecule has 0 spiro atoms. The molecule has 1 aliphatic rings. The van der Waals surface area contributed by atoms with Crippen molar-refractivity contribution in [2.24, 2.45) is 0 Å². The lowest BCUT2D eigenvalue weighted by molar-refractivity contribution is -0.122. The van der Waals surface area contributed by atoms with Crippen LogP contribution < -0.4 is 5.32 Å². The van der Waals surface area contributed by atoms with Crippen LogP contribution in [-0.4, -0.2) is 35.6 Å². The maximum Gasteiger partial charge on any atom is 0.234 e.